The minimum absolute atomic E-state index is 0.0151. The van der Waals surface area contributed by atoms with Crippen molar-refractivity contribution in [1.82, 2.24) is 0 Å². The molecule has 4 rings (SSSR count). The van der Waals surface area contributed by atoms with E-state index in [9.17, 15) is 0 Å². The largest absolute Gasteiger partial charge is 0.467 e. The zero-order valence-corrected chi connectivity index (χ0v) is 15.1. The van der Waals surface area contributed by atoms with Crippen molar-refractivity contribution < 1.29 is 4.74 Å². The lowest BCUT2D eigenvalue weighted by molar-refractivity contribution is 0.267. The summed E-state index contributed by atoms with van der Waals surface area (Å²) in [6, 6.07) is 29.0. The minimum atomic E-state index is -0.121. The van der Waals surface area contributed by atoms with Gasteiger partial charge in [0.25, 0.3) is 0 Å². The van der Waals surface area contributed by atoms with Crippen LogP contribution in [0, 0.1) is 0 Å². The second-order valence-corrected chi connectivity index (χ2v) is 7.21. The summed E-state index contributed by atoms with van der Waals surface area (Å²) in [6.07, 6.45) is 1.71. The summed E-state index contributed by atoms with van der Waals surface area (Å²) in [4.78, 5) is 5.97. The Balaban J connectivity index is 1.55. The molecule has 1 aliphatic heterocycles. The molecule has 0 radical (unpaired) electrons. The van der Waals surface area contributed by atoms with Gasteiger partial charge in [-0.3, -0.25) is 0 Å². The van der Waals surface area contributed by atoms with E-state index >= 15 is 0 Å². The molecule has 1 aliphatic rings. The van der Waals surface area contributed by atoms with Crippen LogP contribution in [-0.2, 0) is 4.74 Å². The molecule has 0 N–H and O–H groups in total. The Morgan fingerprint density at radius 1 is 0.769 bits per heavy atom. The number of thioether (sulfide) groups is 1. The number of aliphatic imine (C=N–C) groups is 1. The predicted molar refractivity (Wildman–Crippen MR) is 110 cm³/mol. The van der Waals surface area contributed by atoms with Gasteiger partial charge in [-0.1, -0.05) is 79.0 Å². The van der Waals surface area contributed by atoms with Gasteiger partial charge in [-0.25, -0.2) is 4.99 Å². The van der Waals surface area contributed by atoms with Gasteiger partial charge in [0.1, 0.15) is 5.37 Å². The lowest BCUT2D eigenvalue weighted by Crippen LogP contribution is -2.16. The molecule has 0 aliphatic carbocycles. The van der Waals surface area contributed by atoms with E-state index in [0.717, 1.165) is 5.56 Å². The van der Waals surface area contributed by atoms with Crippen molar-refractivity contribution in [1.29, 1.82) is 0 Å². The summed E-state index contributed by atoms with van der Waals surface area (Å²) in [5, 5.41) is -0.0151. The Bertz CT molecular complexity index is 904. The molecule has 0 saturated heterocycles. The molecular weight excluding hydrogens is 338 g/mol. The van der Waals surface area contributed by atoms with Gasteiger partial charge >= 0.3 is 0 Å². The molecule has 3 heteroatoms. The Kier molecular flexibility index (Phi) is 4.89. The molecule has 128 valence electrons. The number of ether oxygens (including phenoxy) is 1. The Hall–Kier alpha value is -2.78. The highest BCUT2D eigenvalue weighted by atomic mass is 32.2. The van der Waals surface area contributed by atoms with E-state index in [4.69, 9.17) is 9.73 Å². The lowest BCUT2D eigenvalue weighted by Gasteiger charge is -2.13. The maximum absolute atomic E-state index is 6.04. The number of hydrogen-bond acceptors (Lipinski definition) is 3. The third kappa shape index (κ3) is 3.58. The summed E-state index contributed by atoms with van der Waals surface area (Å²) in [6.45, 7) is 3.90. The van der Waals surface area contributed by atoms with Crippen molar-refractivity contribution in [2.45, 2.75) is 16.4 Å². The first kappa shape index (κ1) is 16.7. The Morgan fingerprint density at radius 3 is 2.00 bits per heavy atom. The normalized spacial score (nSPS) is 18.8. The van der Waals surface area contributed by atoms with Crippen LogP contribution in [0.25, 0.3) is 11.1 Å². The summed E-state index contributed by atoms with van der Waals surface area (Å²) in [7, 11) is 0. The number of hydrogen-bond donors (Lipinski definition) is 0. The molecule has 0 amide bonds. The monoisotopic (exact) mass is 357 g/mol. The topological polar surface area (TPSA) is 21.6 Å². The van der Waals surface area contributed by atoms with Crippen molar-refractivity contribution in [3.8, 4) is 11.1 Å². The average molecular weight is 357 g/mol. The highest BCUT2D eigenvalue weighted by Crippen LogP contribution is 2.33. The van der Waals surface area contributed by atoms with Crippen LogP contribution >= 0.6 is 11.8 Å². The van der Waals surface area contributed by atoms with E-state index in [1.54, 1.807) is 11.8 Å². The van der Waals surface area contributed by atoms with E-state index in [-0.39, 0.29) is 11.5 Å². The molecule has 0 spiro atoms. The van der Waals surface area contributed by atoms with Gasteiger partial charge in [0.15, 0.2) is 6.10 Å². The average Bonchev–Trinajstić information content (AvgIpc) is 3.12. The maximum Gasteiger partial charge on any atom is 0.218 e. The molecule has 3 aromatic carbocycles. The number of benzene rings is 3. The molecule has 3 aromatic rings. The molecular formula is C23H19NOS. The third-order valence-electron chi connectivity index (χ3n) is 4.24. The van der Waals surface area contributed by atoms with Crippen LogP contribution in [0.5, 0.6) is 0 Å². The maximum atomic E-state index is 6.04. The first-order valence-corrected chi connectivity index (χ1v) is 9.46. The van der Waals surface area contributed by atoms with Crippen molar-refractivity contribution in [3.05, 3.63) is 103 Å². The molecule has 1 heterocycles. The van der Waals surface area contributed by atoms with Crippen molar-refractivity contribution in [2.75, 3.05) is 0 Å². The summed E-state index contributed by atoms with van der Waals surface area (Å²) in [5.74, 6) is 0.683. The van der Waals surface area contributed by atoms with E-state index in [1.807, 2.05) is 42.5 Å². The second kappa shape index (κ2) is 7.63. The van der Waals surface area contributed by atoms with Gasteiger partial charge < -0.3 is 4.74 Å². The van der Waals surface area contributed by atoms with Crippen molar-refractivity contribution in [2.24, 2.45) is 4.99 Å². The van der Waals surface area contributed by atoms with Crippen LogP contribution in [0.2, 0.25) is 0 Å². The van der Waals surface area contributed by atoms with E-state index in [2.05, 4.69) is 55.1 Å². The van der Waals surface area contributed by atoms with Crippen LogP contribution in [0.1, 0.15) is 5.56 Å². The highest BCUT2D eigenvalue weighted by Gasteiger charge is 2.30. The zero-order chi connectivity index (χ0) is 17.8. The Morgan fingerprint density at radius 2 is 1.35 bits per heavy atom. The zero-order valence-electron chi connectivity index (χ0n) is 14.3. The fourth-order valence-electron chi connectivity index (χ4n) is 2.88. The Labute approximate surface area is 158 Å². The molecule has 2 nitrogen and oxygen atoms in total. The molecule has 2 atom stereocenters. The molecule has 0 saturated carbocycles. The smallest absolute Gasteiger partial charge is 0.218 e. The fraction of sp³-hybridized carbons (Fsp3) is 0.0870. The van der Waals surface area contributed by atoms with Crippen LogP contribution < -0.4 is 0 Å². The third-order valence-corrected chi connectivity index (χ3v) is 5.40. The van der Waals surface area contributed by atoms with Crippen LogP contribution in [0.3, 0.4) is 0 Å². The second-order valence-electron chi connectivity index (χ2n) is 6.02. The van der Waals surface area contributed by atoms with Gasteiger partial charge in [0.05, 0.1) is 0 Å². The molecule has 0 aromatic heterocycles. The fourth-order valence-corrected chi connectivity index (χ4v) is 3.92. The number of nitrogens with zero attached hydrogens (tertiary/aromatic N) is 1. The van der Waals surface area contributed by atoms with Crippen molar-refractivity contribution >= 4 is 17.7 Å². The number of rotatable bonds is 5. The van der Waals surface area contributed by atoms with Gasteiger partial charge in [-0.05, 0) is 41.5 Å². The summed E-state index contributed by atoms with van der Waals surface area (Å²) >= 11 is 1.70. The first-order valence-electron chi connectivity index (χ1n) is 8.58. The lowest BCUT2D eigenvalue weighted by atomic mass is 10.0. The predicted octanol–water partition coefficient (Wildman–Crippen LogP) is 5.80. The summed E-state index contributed by atoms with van der Waals surface area (Å²) in [5.41, 5.74) is 3.38. The summed E-state index contributed by atoms with van der Waals surface area (Å²) < 4.78 is 6.04. The van der Waals surface area contributed by atoms with Crippen molar-refractivity contribution in [3.63, 3.8) is 0 Å². The van der Waals surface area contributed by atoms with Crippen LogP contribution in [-0.4, -0.2) is 17.4 Å². The van der Waals surface area contributed by atoms with Crippen LogP contribution in [0.15, 0.2) is 107 Å². The first-order chi connectivity index (χ1) is 12.8. The quantitative estimate of drug-likeness (QED) is 0.538. The van der Waals surface area contributed by atoms with E-state index < -0.39 is 0 Å². The van der Waals surface area contributed by atoms with Gasteiger partial charge in [0, 0.05) is 10.5 Å². The highest BCUT2D eigenvalue weighted by molar-refractivity contribution is 8.00. The van der Waals surface area contributed by atoms with Gasteiger partial charge in [-0.15, -0.1) is 0 Å². The van der Waals surface area contributed by atoms with Crippen LogP contribution in [0.4, 0.5) is 0 Å². The molecule has 0 fully saturated rings. The molecule has 0 bridgehead atoms. The molecule has 0 unspecified atom stereocenters. The van der Waals surface area contributed by atoms with E-state index in [1.165, 1.54) is 16.0 Å². The van der Waals surface area contributed by atoms with Gasteiger partial charge in [-0.2, -0.15) is 0 Å². The van der Waals surface area contributed by atoms with E-state index in [0.29, 0.717) is 5.90 Å². The standard InChI is InChI=1S/C23H19NOS/c1-2-21-23(26-20-11-7-4-8-12-20)24-22(25-21)19-15-13-18(14-16-19)17-9-5-3-6-10-17/h2-16,21,23H,1H2/t21-,23-/m0/s1. The molecule has 26 heavy (non-hydrogen) atoms. The van der Waals surface area contributed by atoms with Gasteiger partial charge in [0.2, 0.25) is 5.90 Å². The SMILES string of the molecule is C=C[C@@H]1OC(c2ccc(-c3ccccc3)cc2)=N[C@H]1Sc1ccccc1. The minimum Gasteiger partial charge on any atom is -0.467 e.